The van der Waals surface area contributed by atoms with Gasteiger partial charge in [0.1, 0.15) is 0 Å². The third-order valence-electron chi connectivity index (χ3n) is 4.52. The number of unbranched alkanes of at least 4 members (excludes halogenated alkanes) is 6. The molecule has 0 heterocycles. The number of hydrogen-bond donors (Lipinski definition) is 0. The van der Waals surface area contributed by atoms with Crippen molar-refractivity contribution in [1.29, 1.82) is 0 Å². The zero-order valence-electron chi connectivity index (χ0n) is 17.3. The third-order valence-corrected chi connectivity index (χ3v) is 6.51. The van der Waals surface area contributed by atoms with E-state index in [-0.39, 0.29) is 0 Å². The molecule has 0 aromatic carbocycles. The Bertz CT molecular complexity index is 315. The Morgan fingerprint density at radius 1 is 0.760 bits per heavy atom. The largest absolute Gasteiger partial charge is 0.385 e. The second-order valence-electron chi connectivity index (χ2n) is 7.02. The predicted octanol–water partition coefficient (Wildman–Crippen LogP) is 6.83. The fourth-order valence-corrected chi connectivity index (χ4v) is 4.62. The van der Waals surface area contributed by atoms with Crippen LogP contribution in [0, 0.1) is 5.92 Å². The van der Waals surface area contributed by atoms with E-state index in [4.69, 9.17) is 13.8 Å². The van der Waals surface area contributed by atoms with Crippen LogP contribution in [-0.2, 0) is 18.3 Å². The molecule has 0 saturated carbocycles. The van der Waals surface area contributed by atoms with Crippen molar-refractivity contribution in [3.63, 3.8) is 0 Å². The molecular formula is C20H43O4P. The van der Waals surface area contributed by atoms with Gasteiger partial charge in [0, 0.05) is 13.7 Å². The van der Waals surface area contributed by atoms with Gasteiger partial charge in [-0.05, 0) is 31.6 Å². The summed E-state index contributed by atoms with van der Waals surface area (Å²) in [6.45, 7) is 8.33. The topological polar surface area (TPSA) is 44.8 Å². The molecule has 0 bridgehead atoms. The van der Waals surface area contributed by atoms with Crippen molar-refractivity contribution in [2.24, 2.45) is 5.92 Å². The Morgan fingerprint density at radius 2 is 1.44 bits per heavy atom. The second-order valence-corrected chi connectivity index (χ2v) is 9.21. The van der Waals surface area contributed by atoms with Crippen LogP contribution in [0.15, 0.2) is 0 Å². The Morgan fingerprint density at radius 3 is 2.08 bits per heavy atom. The van der Waals surface area contributed by atoms with Crippen molar-refractivity contribution in [3.8, 4) is 0 Å². The van der Waals surface area contributed by atoms with Gasteiger partial charge in [0.15, 0.2) is 0 Å². The van der Waals surface area contributed by atoms with Gasteiger partial charge < -0.3 is 13.8 Å². The average molecular weight is 379 g/mol. The molecule has 5 heteroatoms. The van der Waals surface area contributed by atoms with Gasteiger partial charge in [0.25, 0.3) is 0 Å². The van der Waals surface area contributed by atoms with Gasteiger partial charge in [-0.15, -0.1) is 0 Å². The van der Waals surface area contributed by atoms with Crippen LogP contribution in [0.25, 0.3) is 0 Å². The average Bonchev–Trinajstić information content (AvgIpc) is 2.62. The molecule has 4 nitrogen and oxygen atoms in total. The minimum atomic E-state index is -2.95. The molecule has 152 valence electrons. The lowest BCUT2D eigenvalue weighted by atomic mass is 10.0. The number of hydrogen-bond acceptors (Lipinski definition) is 4. The molecule has 0 radical (unpaired) electrons. The molecule has 0 aromatic heterocycles. The molecule has 0 saturated heterocycles. The van der Waals surface area contributed by atoms with Gasteiger partial charge in [-0.25, -0.2) is 0 Å². The van der Waals surface area contributed by atoms with Crippen molar-refractivity contribution in [2.75, 3.05) is 33.1 Å². The molecule has 0 N–H and O–H groups in total. The highest BCUT2D eigenvalue weighted by Gasteiger charge is 2.25. The molecule has 0 aliphatic rings. The van der Waals surface area contributed by atoms with E-state index in [1.54, 1.807) is 7.11 Å². The van der Waals surface area contributed by atoms with Gasteiger partial charge in [0.2, 0.25) is 0 Å². The lowest BCUT2D eigenvalue weighted by Crippen LogP contribution is -2.13. The first-order chi connectivity index (χ1) is 12.1. The molecule has 0 aliphatic carbocycles. The Labute approximate surface area is 156 Å². The second kappa shape index (κ2) is 17.5. The Kier molecular flexibility index (Phi) is 17.6. The minimum Gasteiger partial charge on any atom is -0.385 e. The molecule has 0 amide bonds. The number of rotatable bonds is 19. The fraction of sp³-hybridized carbons (Fsp3) is 1.00. The first-order valence-electron chi connectivity index (χ1n) is 10.5. The number of ether oxygens (including phenoxy) is 1. The van der Waals surface area contributed by atoms with Crippen molar-refractivity contribution in [1.82, 2.24) is 0 Å². The van der Waals surface area contributed by atoms with E-state index in [1.807, 2.05) is 0 Å². The third kappa shape index (κ3) is 14.9. The van der Waals surface area contributed by atoms with Crippen molar-refractivity contribution in [2.45, 2.75) is 91.4 Å². The van der Waals surface area contributed by atoms with Gasteiger partial charge in [0.05, 0.1) is 19.4 Å². The van der Waals surface area contributed by atoms with Gasteiger partial charge >= 0.3 is 7.60 Å². The lowest BCUT2D eigenvalue weighted by molar-refractivity contribution is 0.134. The van der Waals surface area contributed by atoms with E-state index in [9.17, 15) is 4.57 Å². The molecule has 2 atom stereocenters. The van der Waals surface area contributed by atoms with Crippen LogP contribution in [-0.4, -0.2) is 33.1 Å². The summed E-state index contributed by atoms with van der Waals surface area (Å²) >= 11 is 0. The Balaban J connectivity index is 4.36. The zero-order valence-corrected chi connectivity index (χ0v) is 18.2. The normalized spacial score (nSPS) is 15.2. The molecule has 0 spiro atoms. The van der Waals surface area contributed by atoms with Crippen molar-refractivity contribution < 1.29 is 18.3 Å². The fourth-order valence-electron chi connectivity index (χ4n) is 2.73. The summed E-state index contributed by atoms with van der Waals surface area (Å²) < 4.78 is 29.9. The van der Waals surface area contributed by atoms with E-state index in [1.165, 1.54) is 32.1 Å². The molecule has 0 aliphatic heterocycles. The van der Waals surface area contributed by atoms with Crippen molar-refractivity contribution >= 4 is 7.60 Å². The minimum absolute atomic E-state index is 0.406. The summed E-state index contributed by atoms with van der Waals surface area (Å²) in [7, 11) is -1.22. The first kappa shape index (κ1) is 25.1. The van der Waals surface area contributed by atoms with Crippen LogP contribution in [0.3, 0.4) is 0 Å². The zero-order chi connectivity index (χ0) is 18.8. The Hall–Kier alpha value is 0.110. The number of methoxy groups -OCH3 is 1. The maximum Gasteiger partial charge on any atom is 0.330 e. The molecule has 2 unspecified atom stereocenters. The highest BCUT2D eigenvalue weighted by Crippen LogP contribution is 2.49. The molecule has 0 aromatic rings. The van der Waals surface area contributed by atoms with E-state index < -0.39 is 7.60 Å². The summed E-state index contributed by atoms with van der Waals surface area (Å²) in [4.78, 5) is 0. The highest BCUT2D eigenvalue weighted by atomic mass is 31.2. The van der Waals surface area contributed by atoms with Crippen LogP contribution in [0.4, 0.5) is 0 Å². The predicted molar refractivity (Wildman–Crippen MR) is 108 cm³/mol. The smallest absolute Gasteiger partial charge is 0.330 e. The van der Waals surface area contributed by atoms with Crippen LogP contribution in [0.2, 0.25) is 0 Å². The van der Waals surface area contributed by atoms with Crippen LogP contribution >= 0.6 is 7.60 Å². The lowest BCUT2D eigenvalue weighted by Gasteiger charge is -2.22. The van der Waals surface area contributed by atoms with Crippen LogP contribution in [0.1, 0.15) is 91.4 Å². The SMILES string of the molecule is CCCCCCCOP(=O)(CCCC)OCC(CCCC)CCOC. The van der Waals surface area contributed by atoms with Gasteiger partial charge in [-0.3, -0.25) is 4.57 Å². The van der Waals surface area contributed by atoms with Gasteiger partial charge in [-0.2, -0.15) is 0 Å². The standard InChI is InChI=1S/C20H43O4P/c1-5-8-11-12-13-16-23-25(21,18-10-7-3)24-19-20(14-9-6-2)15-17-22-4/h20H,5-19H2,1-4H3. The maximum atomic E-state index is 13.0. The highest BCUT2D eigenvalue weighted by molar-refractivity contribution is 7.53. The van der Waals surface area contributed by atoms with Gasteiger partial charge in [-0.1, -0.05) is 65.7 Å². The summed E-state index contributed by atoms with van der Waals surface area (Å²) in [6.07, 6.45) is 12.7. The van der Waals surface area contributed by atoms with E-state index in [0.717, 1.165) is 45.1 Å². The molecule has 0 rings (SSSR count). The van der Waals surface area contributed by atoms with Crippen LogP contribution < -0.4 is 0 Å². The summed E-state index contributed by atoms with van der Waals surface area (Å²) in [5, 5.41) is 0. The first-order valence-corrected chi connectivity index (χ1v) is 12.2. The summed E-state index contributed by atoms with van der Waals surface area (Å²) in [5.41, 5.74) is 0. The maximum absolute atomic E-state index is 13.0. The monoisotopic (exact) mass is 378 g/mol. The summed E-state index contributed by atoms with van der Waals surface area (Å²) in [6, 6.07) is 0. The van der Waals surface area contributed by atoms with Crippen molar-refractivity contribution in [3.05, 3.63) is 0 Å². The van der Waals surface area contributed by atoms with Crippen LogP contribution in [0.5, 0.6) is 0 Å². The molecule has 25 heavy (non-hydrogen) atoms. The van der Waals surface area contributed by atoms with E-state index in [0.29, 0.717) is 25.3 Å². The quantitative estimate of drug-likeness (QED) is 0.183. The molecular weight excluding hydrogens is 335 g/mol. The van der Waals surface area contributed by atoms with E-state index in [2.05, 4.69) is 20.8 Å². The molecule has 0 fully saturated rings. The summed E-state index contributed by atoms with van der Waals surface area (Å²) in [5.74, 6) is 0.406. The van der Waals surface area contributed by atoms with E-state index >= 15 is 0 Å².